The number of hydrogen-bond acceptors (Lipinski definition) is 6. The van der Waals surface area contributed by atoms with Crippen LogP contribution >= 0.6 is 0 Å². The van der Waals surface area contributed by atoms with Crippen molar-refractivity contribution in [2.45, 2.75) is 10.9 Å². The summed E-state index contributed by atoms with van der Waals surface area (Å²) < 4.78 is 36.9. The van der Waals surface area contributed by atoms with Gasteiger partial charge in [0.1, 0.15) is 16.4 Å². The van der Waals surface area contributed by atoms with Crippen LogP contribution in [0.3, 0.4) is 0 Å². The minimum atomic E-state index is -3.82. The van der Waals surface area contributed by atoms with E-state index in [1.807, 2.05) is 0 Å². The molecule has 0 spiro atoms. The van der Waals surface area contributed by atoms with Gasteiger partial charge in [-0.2, -0.15) is 4.31 Å². The molecule has 0 radical (unpaired) electrons. The van der Waals surface area contributed by atoms with E-state index in [9.17, 15) is 18.0 Å². The molecule has 0 bridgehead atoms. The molecule has 0 unspecified atom stereocenters. The summed E-state index contributed by atoms with van der Waals surface area (Å²) in [5, 5.41) is 2.42. The van der Waals surface area contributed by atoms with Gasteiger partial charge in [-0.15, -0.1) is 0 Å². The van der Waals surface area contributed by atoms with Gasteiger partial charge >= 0.3 is 6.03 Å². The van der Waals surface area contributed by atoms with Gasteiger partial charge in [0.2, 0.25) is 15.9 Å². The van der Waals surface area contributed by atoms with Crippen LogP contribution in [0.15, 0.2) is 23.1 Å². The predicted molar refractivity (Wildman–Crippen MR) is 82.3 cm³/mol. The molecule has 0 saturated carbocycles. The van der Waals surface area contributed by atoms with Crippen LogP contribution in [0.2, 0.25) is 0 Å². The predicted octanol–water partition coefficient (Wildman–Crippen LogP) is -0.371. The van der Waals surface area contributed by atoms with Crippen molar-refractivity contribution >= 4 is 22.0 Å². The Bertz CT molecular complexity index is 772. The highest BCUT2D eigenvalue weighted by atomic mass is 32.2. The fourth-order valence-corrected chi connectivity index (χ4v) is 4.39. The van der Waals surface area contributed by atoms with Gasteiger partial charge in [-0.25, -0.2) is 13.2 Å². The zero-order valence-electron chi connectivity index (χ0n) is 13.2. The summed E-state index contributed by atoms with van der Waals surface area (Å²) in [6, 6.07) is 3.56. The average Bonchev–Trinajstić information content (AvgIpc) is 2.85. The summed E-state index contributed by atoms with van der Waals surface area (Å²) in [5.41, 5.74) is 0. The second-order valence-corrected chi connectivity index (χ2v) is 7.32. The van der Waals surface area contributed by atoms with Crippen molar-refractivity contribution in [3.05, 3.63) is 18.2 Å². The number of sulfonamides is 1. The molecule has 2 saturated heterocycles. The van der Waals surface area contributed by atoms with E-state index < -0.39 is 22.1 Å². The van der Waals surface area contributed by atoms with Crippen LogP contribution in [-0.4, -0.2) is 69.5 Å². The standard InChI is InChI=1S/C14H17N3O6S/c1-22-10-3-4-11(23-2)12(5-10)24(20,21)16-7-9(8-16)17-13(18)6-15-14(17)19/h3-5,9H,6-8H2,1-2H3,(H,15,19). The number of nitrogens with zero attached hydrogens (tertiary/aromatic N) is 2. The van der Waals surface area contributed by atoms with Gasteiger partial charge < -0.3 is 14.8 Å². The number of methoxy groups -OCH3 is 2. The Balaban J connectivity index is 1.81. The first-order valence-corrected chi connectivity index (χ1v) is 8.64. The molecule has 1 aromatic carbocycles. The summed E-state index contributed by atoms with van der Waals surface area (Å²) in [6.45, 7) is 0.0650. The Kier molecular flexibility index (Phi) is 4.10. The summed E-state index contributed by atoms with van der Waals surface area (Å²) >= 11 is 0. The highest BCUT2D eigenvalue weighted by Crippen LogP contribution is 2.33. The molecule has 3 rings (SSSR count). The first kappa shape index (κ1) is 16.5. The van der Waals surface area contributed by atoms with Crippen molar-refractivity contribution in [3.63, 3.8) is 0 Å². The molecule has 0 atom stereocenters. The molecule has 2 aliphatic heterocycles. The topological polar surface area (TPSA) is 105 Å². The molecule has 2 heterocycles. The number of rotatable bonds is 5. The van der Waals surface area contributed by atoms with Gasteiger partial charge in [-0.1, -0.05) is 0 Å². The zero-order valence-corrected chi connectivity index (χ0v) is 14.0. The lowest BCUT2D eigenvalue weighted by Crippen LogP contribution is -2.62. The van der Waals surface area contributed by atoms with Crippen molar-refractivity contribution in [1.82, 2.24) is 14.5 Å². The van der Waals surface area contributed by atoms with E-state index in [1.54, 1.807) is 6.07 Å². The fourth-order valence-electron chi connectivity index (χ4n) is 2.71. The van der Waals surface area contributed by atoms with Crippen LogP contribution in [0.25, 0.3) is 0 Å². The number of imide groups is 1. The van der Waals surface area contributed by atoms with Crippen molar-refractivity contribution in [2.24, 2.45) is 0 Å². The molecule has 1 aromatic rings. The maximum absolute atomic E-state index is 12.8. The molecule has 3 amide bonds. The molecule has 2 fully saturated rings. The van der Waals surface area contributed by atoms with Crippen molar-refractivity contribution < 1.29 is 27.5 Å². The van der Waals surface area contributed by atoms with Gasteiger partial charge in [0.15, 0.2) is 0 Å². The SMILES string of the molecule is COc1ccc(OC)c(S(=O)(=O)N2CC(N3C(=O)CNC3=O)C2)c1. The Morgan fingerprint density at radius 1 is 1.17 bits per heavy atom. The van der Waals surface area contributed by atoms with E-state index in [0.29, 0.717) is 5.75 Å². The van der Waals surface area contributed by atoms with Crippen molar-refractivity contribution in [2.75, 3.05) is 33.9 Å². The Labute approximate surface area is 139 Å². The maximum Gasteiger partial charge on any atom is 0.324 e. The quantitative estimate of drug-likeness (QED) is 0.723. The average molecular weight is 355 g/mol. The van der Waals surface area contributed by atoms with Gasteiger partial charge in [0.05, 0.1) is 26.8 Å². The third kappa shape index (κ3) is 2.57. The highest BCUT2D eigenvalue weighted by molar-refractivity contribution is 7.89. The van der Waals surface area contributed by atoms with Crippen molar-refractivity contribution in [3.8, 4) is 11.5 Å². The number of hydrogen-bond donors (Lipinski definition) is 1. The first-order valence-electron chi connectivity index (χ1n) is 7.20. The van der Waals surface area contributed by atoms with Crippen LogP contribution in [0.5, 0.6) is 11.5 Å². The first-order chi connectivity index (χ1) is 11.4. The van der Waals surface area contributed by atoms with E-state index in [4.69, 9.17) is 9.47 Å². The minimum absolute atomic E-state index is 0.0139. The normalized spacial score (nSPS) is 19.2. The smallest absolute Gasteiger partial charge is 0.324 e. The lowest BCUT2D eigenvalue weighted by Gasteiger charge is -2.41. The highest BCUT2D eigenvalue weighted by Gasteiger charge is 2.46. The third-order valence-corrected chi connectivity index (χ3v) is 5.91. The number of amides is 3. The summed E-state index contributed by atoms with van der Waals surface area (Å²) in [5.74, 6) is 0.246. The van der Waals surface area contributed by atoms with Crippen LogP contribution in [0.4, 0.5) is 4.79 Å². The van der Waals surface area contributed by atoms with E-state index in [-0.39, 0.29) is 36.2 Å². The molecule has 2 aliphatic rings. The van der Waals surface area contributed by atoms with Gasteiger partial charge in [0.25, 0.3) is 0 Å². The van der Waals surface area contributed by atoms with E-state index in [2.05, 4.69) is 5.32 Å². The molecular weight excluding hydrogens is 338 g/mol. The lowest BCUT2D eigenvalue weighted by molar-refractivity contribution is -0.128. The number of benzene rings is 1. The van der Waals surface area contributed by atoms with Gasteiger partial charge in [-0.3, -0.25) is 9.69 Å². The fraction of sp³-hybridized carbons (Fsp3) is 0.429. The molecule has 1 N–H and O–H groups in total. The molecule has 0 aromatic heterocycles. The number of nitrogens with one attached hydrogen (secondary N) is 1. The molecule has 9 nitrogen and oxygen atoms in total. The third-order valence-electron chi connectivity index (χ3n) is 4.06. The number of carbonyl (C=O) groups is 2. The second kappa shape index (κ2) is 5.95. The Morgan fingerprint density at radius 3 is 2.42 bits per heavy atom. The zero-order chi connectivity index (χ0) is 17.5. The molecule has 24 heavy (non-hydrogen) atoms. The number of carbonyl (C=O) groups excluding carboxylic acids is 2. The van der Waals surface area contributed by atoms with Crippen LogP contribution in [0.1, 0.15) is 0 Å². The summed E-state index contributed by atoms with van der Waals surface area (Å²) in [6.07, 6.45) is 0. The Hall–Kier alpha value is -2.33. The van der Waals surface area contributed by atoms with Gasteiger partial charge in [-0.05, 0) is 12.1 Å². The van der Waals surface area contributed by atoms with Crippen LogP contribution in [0, 0.1) is 0 Å². The molecule has 0 aliphatic carbocycles. The van der Waals surface area contributed by atoms with Gasteiger partial charge in [0, 0.05) is 19.2 Å². The number of urea groups is 1. The maximum atomic E-state index is 12.8. The largest absolute Gasteiger partial charge is 0.497 e. The molecule has 10 heteroatoms. The minimum Gasteiger partial charge on any atom is -0.497 e. The van der Waals surface area contributed by atoms with E-state index in [0.717, 1.165) is 4.90 Å². The lowest BCUT2D eigenvalue weighted by atomic mass is 10.1. The van der Waals surface area contributed by atoms with Crippen LogP contribution in [-0.2, 0) is 14.8 Å². The Morgan fingerprint density at radius 2 is 1.88 bits per heavy atom. The summed E-state index contributed by atoms with van der Waals surface area (Å²) in [7, 11) is -0.994. The summed E-state index contributed by atoms with van der Waals surface area (Å²) in [4.78, 5) is 24.4. The molecular formula is C14H17N3O6S. The number of ether oxygens (including phenoxy) is 2. The van der Waals surface area contributed by atoms with Crippen LogP contribution < -0.4 is 14.8 Å². The second-order valence-electron chi connectivity index (χ2n) is 5.42. The molecule has 130 valence electrons. The monoisotopic (exact) mass is 355 g/mol. The van der Waals surface area contributed by atoms with Crippen molar-refractivity contribution in [1.29, 1.82) is 0 Å². The van der Waals surface area contributed by atoms with E-state index in [1.165, 1.54) is 30.7 Å². The van der Waals surface area contributed by atoms with E-state index >= 15 is 0 Å².